The van der Waals surface area contributed by atoms with Crippen LogP contribution in [0.2, 0.25) is 0 Å². The summed E-state index contributed by atoms with van der Waals surface area (Å²) in [5.74, 6) is 0.0181. The van der Waals surface area contributed by atoms with Gasteiger partial charge < -0.3 is 9.52 Å². The van der Waals surface area contributed by atoms with Crippen molar-refractivity contribution in [1.29, 1.82) is 0 Å². The number of hydrogen-bond donors (Lipinski definition) is 1. The average Bonchev–Trinajstić information content (AvgIpc) is 3.33. The van der Waals surface area contributed by atoms with Crippen molar-refractivity contribution < 1.29 is 22.7 Å². The van der Waals surface area contributed by atoms with Crippen molar-refractivity contribution in [3.63, 3.8) is 0 Å². The molecule has 1 saturated carbocycles. The third-order valence-corrected chi connectivity index (χ3v) is 4.17. The molecule has 128 valence electrons. The van der Waals surface area contributed by atoms with E-state index in [-0.39, 0.29) is 23.5 Å². The van der Waals surface area contributed by atoms with Crippen molar-refractivity contribution >= 4 is 0 Å². The van der Waals surface area contributed by atoms with E-state index in [1.807, 2.05) is 24.3 Å². The van der Waals surface area contributed by atoms with E-state index >= 15 is 0 Å². The molecule has 1 heterocycles. The molecular weight excluding hydrogens is 321 g/mol. The summed E-state index contributed by atoms with van der Waals surface area (Å²) in [6.07, 6.45) is -3.48. The third kappa shape index (κ3) is 3.99. The number of halogens is 3. The van der Waals surface area contributed by atoms with Crippen molar-refractivity contribution in [3.05, 3.63) is 63.2 Å². The number of benzene rings is 1. The van der Waals surface area contributed by atoms with Gasteiger partial charge in [0.25, 0.3) is 0 Å². The molecule has 1 fully saturated rings. The Morgan fingerprint density at radius 1 is 1.21 bits per heavy atom. The lowest BCUT2D eigenvalue weighted by Gasteiger charge is -2.10. The molecule has 1 aromatic carbocycles. The van der Waals surface area contributed by atoms with Crippen molar-refractivity contribution in [1.82, 2.24) is 0 Å². The fourth-order valence-corrected chi connectivity index (χ4v) is 2.78. The van der Waals surface area contributed by atoms with E-state index in [0.29, 0.717) is 5.92 Å². The van der Waals surface area contributed by atoms with Gasteiger partial charge in [0.1, 0.15) is 11.5 Å². The molecule has 0 saturated heterocycles. The lowest BCUT2D eigenvalue weighted by atomic mass is 9.97. The third-order valence-electron chi connectivity index (χ3n) is 4.17. The van der Waals surface area contributed by atoms with Crippen LogP contribution in [0.25, 0.3) is 0 Å². The van der Waals surface area contributed by atoms with E-state index in [4.69, 9.17) is 4.42 Å². The molecule has 2 aromatic rings. The molecule has 3 nitrogen and oxygen atoms in total. The van der Waals surface area contributed by atoms with Gasteiger partial charge in [0.05, 0.1) is 12.0 Å². The van der Waals surface area contributed by atoms with E-state index in [0.717, 1.165) is 30.0 Å². The first kappa shape index (κ1) is 16.6. The second kappa shape index (κ2) is 6.34. The summed E-state index contributed by atoms with van der Waals surface area (Å²) in [5.41, 5.74) is 1.39. The van der Waals surface area contributed by atoms with E-state index in [1.54, 1.807) is 0 Å². The van der Waals surface area contributed by atoms with Crippen LogP contribution in [0.15, 0.2) is 39.5 Å². The van der Waals surface area contributed by atoms with Gasteiger partial charge in [-0.2, -0.15) is 13.2 Å². The minimum absolute atomic E-state index is 0.0823. The minimum atomic E-state index is -4.34. The van der Waals surface area contributed by atoms with Crippen LogP contribution in [0.5, 0.6) is 5.75 Å². The van der Waals surface area contributed by atoms with E-state index in [2.05, 4.69) is 0 Å². The molecule has 0 bridgehead atoms. The van der Waals surface area contributed by atoms with Gasteiger partial charge in [-0.1, -0.05) is 24.3 Å². The summed E-state index contributed by atoms with van der Waals surface area (Å²) < 4.78 is 41.7. The number of rotatable bonds is 5. The quantitative estimate of drug-likeness (QED) is 0.884. The molecule has 0 unspecified atom stereocenters. The first-order chi connectivity index (χ1) is 11.3. The van der Waals surface area contributed by atoms with Crippen LogP contribution in [0.3, 0.4) is 0 Å². The molecule has 0 radical (unpaired) electrons. The van der Waals surface area contributed by atoms with Gasteiger partial charge >= 0.3 is 11.8 Å². The highest BCUT2D eigenvalue weighted by Gasteiger charge is 2.28. The monoisotopic (exact) mass is 338 g/mol. The standard InChI is InChI=1S/C18H17F3O3/c19-18(20,21)8-7-13-10-16(22)15(17(23)24-13)9-12-3-1-2-4-14(12)11-5-6-11/h1-4,10-11,22H,5-9H2. The highest BCUT2D eigenvalue weighted by Crippen LogP contribution is 2.42. The van der Waals surface area contributed by atoms with Gasteiger partial charge in [0, 0.05) is 18.9 Å². The molecule has 0 aliphatic heterocycles. The number of aryl methyl sites for hydroxylation is 1. The second-order valence-corrected chi connectivity index (χ2v) is 6.13. The Balaban J connectivity index is 1.83. The van der Waals surface area contributed by atoms with Crippen LogP contribution in [0.1, 0.15) is 47.6 Å². The van der Waals surface area contributed by atoms with E-state index < -0.39 is 24.6 Å². The maximum absolute atomic E-state index is 12.3. The summed E-state index contributed by atoms with van der Waals surface area (Å²) in [7, 11) is 0. The number of hydrogen-bond acceptors (Lipinski definition) is 3. The van der Waals surface area contributed by atoms with Crippen LogP contribution in [0, 0.1) is 0 Å². The zero-order valence-electron chi connectivity index (χ0n) is 12.9. The number of aromatic hydroxyl groups is 1. The molecule has 3 rings (SSSR count). The van der Waals surface area contributed by atoms with E-state index in [9.17, 15) is 23.1 Å². The van der Waals surface area contributed by atoms with Gasteiger partial charge in [-0.15, -0.1) is 0 Å². The largest absolute Gasteiger partial charge is 0.507 e. The second-order valence-electron chi connectivity index (χ2n) is 6.13. The van der Waals surface area contributed by atoms with Gasteiger partial charge in [-0.3, -0.25) is 0 Å². The Hall–Kier alpha value is -2.24. The van der Waals surface area contributed by atoms with Gasteiger partial charge in [-0.25, -0.2) is 4.79 Å². The Morgan fingerprint density at radius 3 is 2.54 bits per heavy atom. The zero-order valence-corrected chi connectivity index (χ0v) is 12.9. The van der Waals surface area contributed by atoms with Crippen molar-refractivity contribution in [2.24, 2.45) is 0 Å². The summed E-state index contributed by atoms with van der Waals surface area (Å²) >= 11 is 0. The molecule has 6 heteroatoms. The van der Waals surface area contributed by atoms with Crippen LogP contribution in [0.4, 0.5) is 13.2 Å². The summed E-state index contributed by atoms with van der Waals surface area (Å²) in [5, 5.41) is 10.1. The predicted octanol–water partition coefficient (Wildman–Crippen LogP) is 4.31. The van der Waals surface area contributed by atoms with E-state index in [1.165, 1.54) is 0 Å². The fourth-order valence-electron chi connectivity index (χ4n) is 2.78. The topological polar surface area (TPSA) is 50.4 Å². The highest BCUT2D eigenvalue weighted by atomic mass is 19.4. The van der Waals surface area contributed by atoms with Gasteiger partial charge in [0.2, 0.25) is 0 Å². The van der Waals surface area contributed by atoms with Crippen LogP contribution in [-0.2, 0) is 12.8 Å². The first-order valence-electron chi connectivity index (χ1n) is 7.83. The summed E-state index contributed by atoms with van der Waals surface area (Å²) in [6.45, 7) is 0. The number of alkyl halides is 3. The molecule has 0 spiro atoms. The molecule has 0 amide bonds. The molecule has 24 heavy (non-hydrogen) atoms. The fraction of sp³-hybridized carbons (Fsp3) is 0.389. The smallest absolute Gasteiger partial charge is 0.389 e. The zero-order chi connectivity index (χ0) is 17.3. The average molecular weight is 338 g/mol. The summed E-state index contributed by atoms with van der Waals surface area (Å²) in [4.78, 5) is 12.1. The first-order valence-corrected chi connectivity index (χ1v) is 7.83. The van der Waals surface area contributed by atoms with Crippen molar-refractivity contribution in [2.45, 2.75) is 44.2 Å². The molecule has 1 aliphatic rings. The van der Waals surface area contributed by atoms with Gasteiger partial charge in [0.15, 0.2) is 0 Å². The Kier molecular flexibility index (Phi) is 4.39. The molecule has 1 N–H and O–H groups in total. The maximum atomic E-state index is 12.3. The lowest BCUT2D eigenvalue weighted by Crippen LogP contribution is -2.13. The molecule has 1 aromatic heterocycles. The normalized spacial score (nSPS) is 14.8. The Bertz CT molecular complexity index is 789. The van der Waals surface area contributed by atoms with Crippen LogP contribution < -0.4 is 5.63 Å². The van der Waals surface area contributed by atoms with Crippen molar-refractivity contribution in [2.75, 3.05) is 0 Å². The maximum Gasteiger partial charge on any atom is 0.389 e. The molecule has 0 atom stereocenters. The van der Waals surface area contributed by atoms with Gasteiger partial charge in [-0.05, 0) is 29.9 Å². The Morgan fingerprint density at radius 2 is 1.92 bits per heavy atom. The van der Waals surface area contributed by atoms with Crippen molar-refractivity contribution in [3.8, 4) is 5.75 Å². The summed E-state index contributed by atoms with van der Waals surface area (Å²) in [6, 6.07) is 8.80. The lowest BCUT2D eigenvalue weighted by molar-refractivity contribution is -0.134. The highest BCUT2D eigenvalue weighted by molar-refractivity contribution is 5.40. The molecular formula is C18H17F3O3. The van der Waals surface area contributed by atoms with Crippen LogP contribution >= 0.6 is 0 Å². The predicted molar refractivity (Wildman–Crippen MR) is 82.2 cm³/mol. The minimum Gasteiger partial charge on any atom is -0.507 e. The Labute approximate surface area is 136 Å². The van der Waals surface area contributed by atoms with Crippen LogP contribution in [-0.4, -0.2) is 11.3 Å². The molecule has 1 aliphatic carbocycles. The SMILES string of the molecule is O=c1oc(CCC(F)(F)F)cc(O)c1Cc1ccccc1C1CC1.